The fraction of sp³-hybridized carbons (Fsp3) is 0.429. The molecule has 1 fully saturated rings. The Morgan fingerprint density at radius 2 is 2.38 bits per heavy atom. The highest BCUT2D eigenvalue weighted by molar-refractivity contribution is 9.11. The zero-order chi connectivity index (χ0) is 9.42. The number of nitrogens with one attached hydrogen (secondary N) is 1. The van der Waals surface area contributed by atoms with Crippen molar-refractivity contribution < 1.29 is 9.90 Å². The van der Waals surface area contributed by atoms with Crippen LogP contribution in [0, 0.1) is 0 Å². The van der Waals surface area contributed by atoms with Crippen molar-refractivity contribution >= 4 is 38.5 Å². The molecule has 0 radical (unpaired) electrons. The topological polar surface area (TPSA) is 62.2 Å². The van der Waals surface area contributed by atoms with Crippen molar-refractivity contribution in [3.05, 3.63) is 9.48 Å². The van der Waals surface area contributed by atoms with Gasteiger partial charge >= 0.3 is 6.09 Å². The molecule has 0 aliphatic heterocycles. The van der Waals surface area contributed by atoms with Crippen LogP contribution >= 0.6 is 27.3 Å². The number of thiazole rings is 1. The summed E-state index contributed by atoms with van der Waals surface area (Å²) in [5.74, 6) is 0.537. The van der Waals surface area contributed by atoms with Gasteiger partial charge in [-0.25, -0.2) is 9.78 Å². The lowest BCUT2D eigenvalue weighted by Crippen LogP contribution is -2.06. The van der Waals surface area contributed by atoms with Gasteiger partial charge in [0.2, 0.25) is 0 Å². The summed E-state index contributed by atoms with van der Waals surface area (Å²) in [6.07, 6.45) is 1.26. The average Bonchev–Trinajstić information content (AvgIpc) is 2.77. The summed E-state index contributed by atoms with van der Waals surface area (Å²) in [7, 11) is 0. The number of amides is 1. The number of rotatable bonds is 2. The van der Waals surface area contributed by atoms with E-state index in [-0.39, 0.29) is 0 Å². The van der Waals surface area contributed by atoms with Crippen molar-refractivity contribution in [3.63, 3.8) is 0 Å². The molecule has 1 aromatic heterocycles. The minimum absolute atomic E-state index is 0.446. The Morgan fingerprint density at radius 3 is 2.92 bits per heavy atom. The highest BCUT2D eigenvalue weighted by Crippen LogP contribution is 2.45. The summed E-state index contributed by atoms with van der Waals surface area (Å²) in [4.78, 5) is 14.5. The van der Waals surface area contributed by atoms with E-state index in [9.17, 15) is 4.79 Å². The predicted octanol–water partition coefficient (Wildman–Crippen LogP) is 2.87. The molecule has 2 rings (SSSR count). The van der Waals surface area contributed by atoms with Crippen molar-refractivity contribution in [3.8, 4) is 0 Å². The van der Waals surface area contributed by atoms with Gasteiger partial charge in [0, 0.05) is 5.92 Å². The lowest BCUT2D eigenvalue weighted by molar-refractivity contribution is 0.209. The first kappa shape index (κ1) is 8.96. The van der Waals surface area contributed by atoms with Crippen LogP contribution in [0.4, 0.5) is 9.93 Å². The Hall–Kier alpha value is -0.620. The maximum atomic E-state index is 10.3. The van der Waals surface area contributed by atoms with E-state index in [1.165, 1.54) is 11.3 Å². The van der Waals surface area contributed by atoms with E-state index in [4.69, 9.17) is 5.11 Å². The number of hydrogen-bond acceptors (Lipinski definition) is 3. The van der Waals surface area contributed by atoms with E-state index in [0.29, 0.717) is 11.0 Å². The lowest BCUT2D eigenvalue weighted by atomic mass is 10.3. The normalized spacial score (nSPS) is 15.8. The van der Waals surface area contributed by atoms with E-state index in [0.717, 1.165) is 22.3 Å². The molecule has 1 heterocycles. The maximum Gasteiger partial charge on any atom is 0.410 e. The number of nitrogens with zero attached hydrogens (tertiary/aromatic N) is 1. The second-order valence-electron chi connectivity index (χ2n) is 2.88. The summed E-state index contributed by atoms with van der Waals surface area (Å²) < 4.78 is 0.943. The molecule has 13 heavy (non-hydrogen) atoms. The van der Waals surface area contributed by atoms with Gasteiger partial charge in [0.25, 0.3) is 0 Å². The van der Waals surface area contributed by atoms with Gasteiger partial charge < -0.3 is 5.11 Å². The van der Waals surface area contributed by atoms with Gasteiger partial charge in [0.1, 0.15) is 0 Å². The molecule has 0 saturated heterocycles. The standard InChI is InChI=1S/C7H7BrN2O2S/c8-5-4(3-1-2-3)9-6(13-5)10-7(11)12/h3H,1-2H2,(H,9,10)(H,11,12). The molecule has 70 valence electrons. The zero-order valence-electron chi connectivity index (χ0n) is 6.58. The third-order valence-electron chi connectivity index (χ3n) is 1.79. The van der Waals surface area contributed by atoms with E-state index >= 15 is 0 Å². The Labute approximate surface area is 87.1 Å². The summed E-state index contributed by atoms with van der Waals surface area (Å²) in [6, 6.07) is 0. The SMILES string of the molecule is O=C(O)Nc1nc(C2CC2)c(Br)s1. The van der Waals surface area contributed by atoms with Crippen molar-refractivity contribution in [1.82, 2.24) is 4.98 Å². The van der Waals surface area contributed by atoms with E-state index in [2.05, 4.69) is 26.2 Å². The second kappa shape index (κ2) is 3.26. The highest BCUT2D eigenvalue weighted by Gasteiger charge is 2.29. The van der Waals surface area contributed by atoms with Gasteiger partial charge in [-0.2, -0.15) is 0 Å². The fourth-order valence-corrected chi connectivity index (χ4v) is 2.71. The average molecular weight is 263 g/mol. The number of aromatic nitrogens is 1. The molecule has 0 spiro atoms. The largest absolute Gasteiger partial charge is 0.465 e. The number of hydrogen-bond donors (Lipinski definition) is 2. The molecule has 1 aromatic rings. The Bertz CT molecular complexity index is 348. The van der Waals surface area contributed by atoms with Gasteiger partial charge in [0.05, 0.1) is 9.48 Å². The van der Waals surface area contributed by atoms with Gasteiger partial charge in [0.15, 0.2) is 5.13 Å². The number of halogens is 1. The molecule has 1 amide bonds. The molecule has 6 heteroatoms. The van der Waals surface area contributed by atoms with E-state index < -0.39 is 6.09 Å². The molecule has 1 saturated carbocycles. The summed E-state index contributed by atoms with van der Waals surface area (Å²) in [5, 5.41) is 11.1. The van der Waals surface area contributed by atoms with E-state index in [1.807, 2.05) is 0 Å². The monoisotopic (exact) mass is 262 g/mol. The van der Waals surface area contributed by atoms with Crippen LogP contribution in [-0.4, -0.2) is 16.2 Å². The maximum absolute atomic E-state index is 10.3. The summed E-state index contributed by atoms with van der Waals surface area (Å²) in [5.41, 5.74) is 0.994. The van der Waals surface area contributed by atoms with Crippen molar-refractivity contribution in [2.75, 3.05) is 5.32 Å². The predicted molar refractivity (Wildman–Crippen MR) is 53.4 cm³/mol. The molecule has 0 atom stereocenters. The molecule has 1 aliphatic rings. The van der Waals surface area contributed by atoms with E-state index in [1.54, 1.807) is 0 Å². The van der Waals surface area contributed by atoms with Crippen LogP contribution < -0.4 is 5.32 Å². The van der Waals surface area contributed by atoms with Crippen molar-refractivity contribution in [2.45, 2.75) is 18.8 Å². The number of carboxylic acid groups (broad SMARTS) is 1. The third kappa shape index (κ3) is 2.00. The molecular weight excluding hydrogens is 256 g/mol. The highest BCUT2D eigenvalue weighted by atomic mass is 79.9. The third-order valence-corrected chi connectivity index (χ3v) is 3.45. The molecule has 2 N–H and O–H groups in total. The Morgan fingerprint density at radius 1 is 1.69 bits per heavy atom. The van der Waals surface area contributed by atoms with Gasteiger partial charge in [-0.3, -0.25) is 5.32 Å². The minimum Gasteiger partial charge on any atom is -0.465 e. The van der Waals surface area contributed by atoms with Crippen LogP contribution in [0.3, 0.4) is 0 Å². The molecule has 4 nitrogen and oxygen atoms in total. The molecule has 0 bridgehead atoms. The van der Waals surface area contributed by atoms with Crippen LogP contribution in [0.1, 0.15) is 24.5 Å². The molecular formula is C7H7BrN2O2S. The molecule has 1 aliphatic carbocycles. The Balaban J connectivity index is 2.19. The van der Waals surface area contributed by atoms with Crippen molar-refractivity contribution in [2.24, 2.45) is 0 Å². The van der Waals surface area contributed by atoms with Gasteiger partial charge in [-0.15, -0.1) is 0 Å². The summed E-state index contributed by atoms with van der Waals surface area (Å²) in [6.45, 7) is 0. The van der Waals surface area contributed by atoms with Crippen molar-refractivity contribution in [1.29, 1.82) is 0 Å². The molecule has 0 aromatic carbocycles. The van der Waals surface area contributed by atoms with Crippen LogP contribution in [-0.2, 0) is 0 Å². The van der Waals surface area contributed by atoms with Crippen LogP contribution in [0.5, 0.6) is 0 Å². The quantitative estimate of drug-likeness (QED) is 0.862. The fourth-order valence-electron chi connectivity index (χ4n) is 1.07. The smallest absolute Gasteiger partial charge is 0.410 e. The first-order valence-electron chi connectivity index (χ1n) is 3.83. The Kier molecular flexibility index (Phi) is 2.25. The minimum atomic E-state index is -1.07. The van der Waals surface area contributed by atoms with Crippen LogP contribution in [0.25, 0.3) is 0 Å². The number of carbonyl (C=O) groups is 1. The van der Waals surface area contributed by atoms with Crippen LogP contribution in [0.2, 0.25) is 0 Å². The first-order chi connectivity index (χ1) is 6.16. The zero-order valence-corrected chi connectivity index (χ0v) is 8.98. The number of anilines is 1. The summed E-state index contributed by atoms with van der Waals surface area (Å²) >= 11 is 4.70. The molecule has 0 unspecified atom stereocenters. The van der Waals surface area contributed by atoms with Gasteiger partial charge in [-0.1, -0.05) is 11.3 Å². The lowest BCUT2D eigenvalue weighted by Gasteiger charge is -1.91. The second-order valence-corrected chi connectivity index (χ2v) is 5.20. The first-order valence-corrected chi connectivity index (χ1v) is 5.44. The van der Waals surface area contributed by atoms with Gasteiger partial charge in [-0.05, 0) is 28.8 Å². The van der Waals surface area contributed by atoms with Crippen LogP contribution in [0.15, 0.2) is 3.79 Å².